The van der Waals surface area contributed by atoms with Gasteiger partial charge in [-0.1, -0.05) is 45.9 Å². The topological polar surface area (TPSA) is 33.3 Å². The lowest BCUT2D eigenvalue weighted by molar-refractivity contribution is 0.385. The van der Waals surface area contributed by atoms with Crippen LogP contribution in [0.4, 0.5) is 0 Å². The molecule has 0 aliphatic heterocycles. The zero-order valence-corrected chi connectivity index (χ0v) is 12.9. The van der Waals surface area contributed by atoms with E-state index in [1.54, 1.807) is 7.11 Å². The molecule has 0 aliphatic rings. The Hall–Kier alpha value is -1.06. The van der Waals surface area contributed by atoms with Gasteiger partial charge in [-0.2, -0.15) is 0 Å². The van der Waals surface area contributed by atoms with Crippen molar-refractivity contribution in [2.24, 2.45) is 0 Å². The van der Waals surface area contributed by atoms with Crippen LogP contribution in [-0.2, 0) is 5.41 Å². The highest BCUT2D eigenvalue weighted by Crippen LogP contribution is 2.30. The molecule has 3 heteroatoms. The van der Waals surface area contributed by atoms with E-state index >= 15 is 0 Å². The van der Waals surface area contributed by atoms with Gasteiger partial charge in [0.05, 0.1) is 7.11 Å². The van der Waals surface area contributed by atoms with Crippen molar-refractivity contribution < 1.29 is 4.74 Å². The van der Waals surface area contributed by atoms with E-state index < -0.39 is 0 Å². The van der Waals surface area contributed by atoms with Crippen molar-refractivity contribution in [1.82, 2.24) is 10.6 Å². The second-order valence-electron chi connectivity index (χ2n) is 5.87. The molecule has 0 bridgehead atoms. The molecule has 0 atom stereocenters. The number of benzene rings is 1. The van der Waals surface area contributed by atoms with Gasteiger partial charge in [0.1, 0.15) is 5.75 Å². The van der Waals surface area contributed by atoms with Gasteiger partial charge in [-0.15, -0.1) is 0 Å². The van der Waals surface area contributed by atoms with Gasteiger partial charge >= 0.3 is 0 Å². The maximum absolute atomic E-state index is 5.45. The molecule has 0 saturated heterocycles. The Morgan fingerprint density at radius 2 is 1.84 bits per heavy atom. The van der Waals surface area contributed by atoms with E-state index in [1.807, 2.05) is 12.1 Å². The Bertz CT molecular complexity index is 375. The molecular formula is C16H28N2O. The molecule has 2 N–H and O–H groups in total. The molecule has 0 spiro atoms. The lowest BCUT2D eigenvalue weighted by atomic mass is 9.84. The molecular weight excluding hydrogens is 236 g/mol. The lowest BCUT2D eigenvalue weighted by Crippen LogP contribution is -2.38. The molecule has 1 aromatic carbocycles. The molecule has 0 aromatic heterocycles. The van der Waals surface area contributed by atoms with Crippen LogP contribution in [-0.4, -0.2) is 32.8 Å². The van der Waals surface area contributed by atoms with E-state index in [9.17, 15) is 0 Å². The first-order valence-corrected chi connectivity index (χ1v) is 7.05. The maximum atomic E-state index is 5.45. The molecule has 0 unspecified atom stereocenters. The van der Waals surface area contributed by atoms with Crippen LogP contribution in [0.15, 0.2) is 24.3 Å². The number of hydrogen-bond acceptors (Lipinski definition) is 3. The summed E-state index contributed by atoms with van der Waals surface area (Å²) in [5.74, 6) is 0.967. The predicted octanol–water partition coefficient (Wildman–Crippen LogP) is 2.56. The van der Waals surface area contributed by atoms with E-state index in [4.69, 9.17) is 4.74 Å². The van der Waals surface area contributed by atoms with E-state index in [2.05, 4.69) is 50.5 Å². The molecule has 1 aromatic rings. The molecule has 0 amide bonds. The number of nitrogens with one attached hydrogen (secondary N) is 2. The standard InChI is InChI=1S/C16H28N2O/c1-13(2)18-11-10-17-12-16(3,4)14-8-6-7-9-15(14)19-5/h6-9,13,17-18H,10-12H2,1-5H3. The van der Waals surface area contributed by atoms with Gasteiger partial charge in [0.2, 0.25) is 0 Å². The summed E-state index contributed by atoms with van der Waals surface area (Å²) in [6.45, 7) is 11.7. The maximum Gasteiger partial charge on any atom is 0.122 e. The Labute approximate surface area is 117 Å². The molecule has 0 saturated carbocycles. The number of ether oxygens (including phenoxy) is 1. The first-order chi connectivity index (χ1) is 8.97. The minimum atomic E-state index is 0.0600. The number of rotatable bonds is 8. The normalized spacial score (nSPS) is 11.9. The van der Waals surface area contributed by atoms with Crippen molar-refractivity contribution in [2.75, 3.05) is 26.7 Å². The highest BCUT2D eigenvalue weighted by Gasteiger charge is 2.23. The second-order valence-corrected chi connectivity index (χ2v) is 5.87. The van der Waals surface area contributed by atoms with Crippen LogP contribution in [0.2, 0.25) is 0 Å². The minimum Gasteiger partial charge on any atom is -0.496 e. The smallest absolute Gasteiger partial charge is 0.122 e. The van der Waals surface area contributed by atoms with Crippen molar-refractivity contribution in [3.05, 3.63) is 29.8 Å². The van der Waals surface area contributed by atoms with Gasteiger partial charge < -0.3 is 15.4 Å². The Balaban J connectivity index is 2.51. The van der Waals surface area contributed by atoms with Crippen LogP contribution in [0.3, 0.4) is 0 Å². The van der Waals surface area contributed by atoms with Gasteiger partial charge in [-0.05, 0) is 6.07 Å². The van der Waals surface area contributed by atoms with Gasteiger partial charge in [0.15, 0.2) is 0 Å². The van der Waals surface area contributed by atoms with Crippen molar-refractivity contribution in [3.63, 3.8) is 0 Å². The van der Waals surface area contributed by atoms with Crippen molar-refractivity contribution in [3.8, 4) is 5.75 Å². The molecule has 3 nitrogen and oxygen atoms in total. The van der Waals surface area contributed by atoms with E-state index in [0.29, 0.717) is 6.04 Å². The van der Waals surface area contributed by atoms with Crippen molar-refractivity contribution >= 4 is 0 Å². The third-order valence-electron chi connectivity index (χ3n) is 3.26. The Kier molecular flexibility index (Phi) is 6.32. The monoisotopic (exact) mass is 264 g/mol. The second kappa shape index (κ2) is 7.51. The zero-order chi connectivity index (χ0) is 14.3. The Morgan fingerprint density at radius 3 is 2.47 bits per heavy atom. The van der Waals surface area contributed by atoms with Gasteiger partial charge in [-0.25, -0.2) is 0 Å². The average Bonchev–Trinajstić information content (AvgIpc) is 2.37. The van der Waals surface area contributed by atoms with E-state index in [1.165, 1.54) is 5.56 Å². The third-order valence-corrected chi connectivity index (χ3v) is 3.26. The summed E-state index contributed by atoms with van der Waals surface area (Å²) in [6.07, 6.45) is 0. The fourth-order valence-corrected chi connectivity index (χ4v) is 2.15. The summed E-state index contributed by atoms with van der Waals surface area (Å²) in [4.78, 5) is 0. The SMILES string of the molecule is COc1ccccc1C(C)(C)CNCCNC(C)C. The van der Waals surface area contributed by atoms with Crippen LogP contribution < -0.4 is 15.4 Å². The molecule has 19 heavy (non-hydrogen) atoms. The molecule has 0 fully saturated rings. The van der Waals surface area contributed by atoms with Crippen molar-refractivity contribution in [2.45, 2.75) is 39.2 Å². The minimum absolute atomic E-state index is 0.0600. The first kappa shape index (κ1) is 16.0. The summed E-state index contributed by atoms with van der Waals surface area (Å²) in [5.41, 5.74) is 1.31. The summed E-state index contributed by atoms with van der Waals surface area (Å²) in [5, 5.41) is 6.92. The summed E-state index contributed by atoms with van der Waals surface area (Å²) in [6, 6.07) is 8.80. The fraction of sp³-hybridized carbons (Fsp3) is 0.625. The molecule has 0 heterocycles. The Morgan fingerprint density at radius 1 is 1.16 bits per heavy atom. The van der Waals surface area contributed by atoms with E-state index in [-0.39, 0.29) is 5.41 Å². The number of hydrogen-bond donors (Lipinski definition) is 2. The molecule has 0 aliphatic carbocycles. The summed E-state index contributed by atoms with van der Waals surface area (Å²) < 4.78 is 5.45. The fourth-order valence-electron chi connectivity index (χ4n) is 2.15. The van der Waals surface area contributed by atoms with Crippen LogP contribution >= 0.6 is 0 Å². The zero-order valence-electron chi connectivity index (χ0n) is 12.9. The van der Waals surface area contributed by atoms with Gasteiger partial charge in [0, 0.05) is 36.7 Å². The number of para-hydroxylation sites is 1. The highest BCUT2D eigenvalue weighted by atomic mass is 16.5. The average molecular weight is 264 g/mol. The predicted molar refractivity (Wildman–Crippen MR) is 82.0 cm³/mol. The van der Waals surface area contributed by atoms with Crippen LogP contribution in [0.25, 0.3) is 0 Å². The summed E-state index contributed by atoms with van der Waals surface area (Å²) in [7, 11) is 1.73. The molecule has 0 radical (unpaired) electrons. The first-order valence-electron chi connectivity index (χ1n) is 7.05. The van der Waals surface area contributed by atoms with E-state index in [0.717, 1.165) is 25.4 Å². The van der Waals surface area contributed by atoms with Crippen LogP contribution in [0, 0.1) is 0 Å². The van der Waals surface area contributed by atoms with Crippen LogP contribution in [0.5, 0.6) is 5.75 Å². The number of methoxy groups -OCH3 is 1. The molecule has 108 valence electrons. The lowest BCUT2D eigenvalue weighted by Gasteiger charge is -2.27. The quantitative estimate of drug-likeness (QED) is 0.708. The summed E-state index contributed by atoms with van der Waals surface area (Å²) >= 11 is 0. The van der Waals surface area contributed by atoms with Gasteiger partial charge in [-0.3, -0.25) is 0 Å². The van der Waals surface area contributed by atoms with Crippen molar-refractivity contribution in [1.29, 1.82) is 0 Å². The highest BCUT2D eigenvalue weighted by molar-refractivity contribution is 5.39. The van der Waals surface area contributed by atoms with Crippen LogP contribution in [0.1, 0.15) is 33.3 Å². The van der Waals surface area contributed by atoms with Gasteiger partial charge in [0.25, 0.3) is 0 Å². The largest absolute Gasteiger partial charge is 0.496 e. The third kappa shape index (κ3) is 5.21. The molecule has 1 rings (SSSR count).